The maximum absolute atomic E-state index is 10.5. The Morgan fingerprint density at radius 1 is 1.50 bits per heavy atom. The van der Waals surface area contributed by atoms with Gasteiger partial charge in [-0.25, -0.2) is 0 Å². The Morgan fingerprint density at radius 3 is 2.60 bits per heavy atom. The van der Waals surface area contributed by atoms with Crippen LogP contribution in [-0.2, 0) is 4.74 Å². The molecule has 0 amide bonds. The van der Waals surface area contributed by atoms with Crippen molar-refractivity contribution in [1.82, 2.24) is 5.01 Å². The lowest BCUT2D eigenvalue weighted by molar-refractivity contribution is -0.712. The van der Waals surface area contributed by atoms with Crippen LogP contribution in [-0.4, -0.2) is 41.5 Å². The van der Waals surface area contributed by atoms with E-state index >= 15 is 0 Å². The molecular weight excluding hydrogens is 138 g/mol. The second kappa shape index (κ2) is 3.21. The molecule has 0 atom stereocenters. The molecule has 1 N–H and O–H groups in total. The van der Waals surface area contributed by atoms with E-state index in [1.807, 2.05) is 0 Å². The smallest absolute Gasteiger partial charge is 0.230 e. The van der Waals surface area contributed by atoms with Crippen LogP contribution in [0.15, 0.2) is 5.28 Å². The Hall–Kier alpha value is -1.04. The van der Waals surface area contributed by atoms with Crippen molar-refractivity contribution in [2.24, 2.45) is 5.28 Å². The van der Waals surface area contributed by atoms with Crippen molar-refractivity contribution in [3.8, 4) is 0 Å². The van der Waals surface area contributed by atoms with Gasteiger partial charge in [0.2, 0.25) is 5.28 Å². The summed E-state index contributed by atoms with van der Waals surface area (Å²) in [5.74, 6) is 0. The molecule has 0 bridgehead atoms. The predicted molar refractivity (Wildman–Crippen MR) is 30.2 cm³/mol. The molecule has 1 aliphatic heterocycles. The number of morpholine rings is 1. The molecule has 58 valence electrons. The molecule has 0 radical (unpaired) electrons. The summed E-state index contributed by atoms with van der Waals surface area (Å²) in [6.07, 6.45) is 0. The van der Waals surface area contributed by atoms with Gasteiger partial charge in [-0.15, -0.1) is 5.01 Å². The van der Waals surface area contributed by atoms with E-state index in [0.29, 0.717) is 26.3 Å². The minimum absolute atomic E-state index is 0.169. The highest BCUT2D eigenvalue weighted by atomic mass is 16.6. The molecule has 0 unspecified atom stereocenters. The fraction of sp³-hybridized carbons (Fsp3) is 1.00. The summed E-state index contributed by atoms with van der Waals surface area (Å²) < 4.78 is 4.96. The maximum Gasteiger partial charge on any atom is 0.230 e. The van der Waals surface area contributed by atoms with Gasteiger partial charge in [0, 0.05) is 0 Å². The van der Waals surface area contributed by atoms with Crippen LogP contribution in [0.4, 0.5) is 0 Å². The molecule has 1 rings (SSSR count). The van der Waals surface area contributed by atoms with Gasteiger partial charge in [0.1, 0.15) is 13.1 Å². The lowest BCUT2D eigenvalue weighted by Gasteiger charge is -2.21. The van der Waals surface area contributed by atoms with Crippen molar-refractivity contribution < 1.29 is 14.9 Å². The highest BCUT2D eigenvalue weighted by molar-refractivity contribution is 4.49. The van der Waals surface area contributed by atoms with Crippen molar-refractivity contribution in [3.05, 3.63) is 5.21 Å². The van der Waals surface area contributed by atoms with Crippen molar-refractivity contribution in [1.29, 1.82) is 0 Å². The van der Waals surface area contributed by atoms with E-state index in [-0.39, 0.29) is 4.97 Å². The second-order valence-electron chi connectivity index (χ2n) is 1.91. The molecule has 0 aromatic rings. The summed E-state index contributed by atoms with van der Waals surface area (Å²) in [6, 6.07) is 0. The van der Waals surface area contributed by atoms with Crippen molar-refractivity contribution in [2.45, 2.75) is 0 Å². The zero-order chi connectivity index (χ0) is 7.40. The van der Waals surface area contributed by atoms with Crippen LogP contribution in [0, 0.1) is 5.21 Å². The van der Waals surface area contributed by atoms with Crippen LogP contribution < -0.4 is 0 Å². The van der Waals surface area contributed by atoms with Gasteiger partial charge in [-0.05, 0) is 0 Å². The average Bonchev–Trinajstić information content (AvgIpc) is 2.05. The second-order valence-corrected chi connectivity index (χ2v) is 1.91. The van der Waals surface area contributed by atoms with Crippen LogP contribution >= 0.6 is 0 Å². The first kappa shape index (κ1) is 7.07. The lowest BCUT2D eigenvalue weighted by atomic mass is 10.5. The van der Waals surface area contributed by atoms with Crippen LogP contribution in [0.3, 0.4) is 0 Å². The molecule has 1 heterocycles. The van der Waals surface area contributed by atoms with Gasteiger partial charge < -0.3 is 15.2 Å². The van der Waals surface area contributed by atoms with Gasteiger partial charge in [-0.2, -0.15) is 0 Å². The maximum atomic E-state index is 10.5. The van der Waals surface area contributed by atoms with Gasteiger partial charge in [0.25, 0.3) is 0 Å². The third-order valence-corrected chi connectivity index (χ3v) is 1.31. The van der Waals surface area contributed by atoms with E-state index in [1.54, 1.807) is 0 Å². The van der Waals surface area contributed by atoms with Gasteiger partial charge >= 0.3 is 0 Å². The molecule has 1 aliphatic rings. The highest BCUT2D eigenvalue weighted by Gasteiger charge is 2.16. The Morgan fingerprint density at radius 2 is 2.10 bits per heavy atom. The van der Waals surface area contributed by atoms with E-state index in [9.17, 15) is 5.21 Å². The molecule has 0 aromatic carbocycles. The van der Waals surface area contributed by atoms with Crippen LogP contribution in [0.2, 0.25) is 0 Å². The Balaban J connectivity index is 2.39. The number of nitrogens with zero attached hydrogens (tertiary/aromatic N) is 3. The van der Waals surface area contributed by atoms with Crippen LogP contribution in [0.5, 0.6) is 0 Å². The summed E-state index contributed by atoms with van der Waals surface area (Å²) in [4.78, 5) is 0.169. The minimum Gasteiger partial charge on any atom is -0.569 e. The Bertz CT molecular complexity index is 132. The Kier molecular flexibility index (Phi) is 2.27. The molecule has 1 fully saturated rings. The van der Waals surface area contributed by atoms with E-state index < -0.39 is 0 Å². The van der Waals surface area contributed by atoms with Crippen molar-refractivity contribution in [2.75, 3.05) is 26.3 Å². The van der Waals surface area contributed by atoms with Gasteiger partial charge in [0.05, 0.1) is 18.2 Å². The summed E-state index contributed by atoms with van der Waals surface area (Å²) in [5.41, 5.74) is 0. The SMILES string of the molecule is [O-][N+](=NO)N1CCOCC1. The highest BCUT2D eigenvalue weighted by Crippen LogP contribution is 1.96. The minimum atomic E-state index is 0.169. The summed E-state index contributed by atoms with van der Waals surface area (Å²) >= 11 is 0. The summed E-state index contributed by atoms with van der Waals surface area (Å²) in [5, 5.41) is 22.4. The van der Waals surface area contributed by atoms with E-state index in [4.69, 9.17) is 9.94 Å². The number of hydrogen-bond donors (Lipinski definition) is 1. The molecule has 6 nitrogen and oxygen atoms in total. The fourth-order valence-electron chi connectivity index (χ4n) is 0.781. The predicted octanol–water partition coefficient (Wildman–Crippen LogP) is -0.415. The number of ether oxygens (including phenoxy) is 1. The van der Waals surface area contributed by atoms with Crippen molar-refractivity contribution >= 4 is 0 Å². The Labute approximate surface area is 57.8 Å². The third-order valence-electron chi connectivity index (χ3n) is 1.31. The van der Waals surface area contributed by atoms with E-state index in [0.717, 1.165) is 0 Å². The number of hydrazine groups is 1. The first-order chi connectivity index (χ1) is 4.84. The molecule has 1 saturated heterocycles. The average molecular weight is 147 g/mol. The lowest BCUT2D eigenvalue weighted by Crippen LogP contribution is -2.40. The molecule has 0 saturated carbocycles. The molecule has 6 heteroatoms. The largest absolute Gasteiger partial charge is 0.569 e. The molecule has 0 aliphatic carbocycles. The van der Waals surface area contributed by atoms with Crippen molar-refractivity contribution in [3.63, 3.8) is 0 Å². The first-order valence-corrected chi connectivity index (χ1v) is 2.99. The summed E-state index contributed by atoms with van der Waals surface area (Å²) in [7, 11) is 0. The summed E-state index contributed by atoms with van der Waals surface area (Å²) in [6.45, 7) is 1.98. The molecule has 0 aromatic heterocycles. The normalized spacial score (nSPS) is 21.2. The zero-order valence-electron chi connectivity index (χ0n) is 5.43. The topological polar surface area (TPSA) is 71.1 Å². The van der Waals surface area contributed by atoms with E-state index in [2.05, 4.69) is 5.28 Å². The van der Waals surface area contributed by atoms with Gasteiger partial charge in [-0.3, -0.25) is 0 Å². The van der Waals surface area contributed by atoms with Crippen LogP contribution in [0.25, 0.3) is 0 Å². The fourth-order valence-corrected chi connectivity index (χ4v) is 0.781. The third kappa shape index (κ3) is 1.47. The zero-order valence-corrected chi connectivity index (χ0v) is 5.43. The van der Waals surface area contributed by atoms with Gasteiger partial charge in [-0.1, -0.05) is 0 Å². The standard InChI is InChI=1S/C4H9N3O3/c8-5-7(9)6-1-3-10-4-2-6/h8H,1-4H2. The quantitative estimate of drug-likeness (QED) is 0.311. The molecule has 0 spiro atoms. The molecule has 10 heavy (non-hydrogen) atoms. The van der Waals surface area contributed by atoms with Crippen LogP contribution in [0.1, 0.15) is 0 Å². The first-order valence-electron chi connectivity index (χ1n) is 2.99. The monoisotopic (exact) mass is 147 g/mol. The van der Waals surface area contributed by atoms with Gasteiger partial charge in [0.15, 0.2) is 0 Å². The van der Waals surface area contributed by atoms with E-state index in [1.165, 1.54) is 5.01 Å². The number of hydrogen-bond acceptors (Lipinski definition) is 3. The number of rotatable bonds is 1. The molecular formula is C4H9N3O3.